The molecule has 1 saturated heterocycles. The molecule has 0 radical (unpaired) electrons. The molecule has 1 aliphatic carbocycles. The topological polar surface area (TPSA) is 46.6 Å². The monoisotopic (exact) mass is 375 g/mol. The molecule has 2 atom stereocenters. The third-order valence-electron chi connectivity index (χ3n) is 5.69. The number of amides is 1. The molecule has 0 bridgehead atoms. The number of Topliss-reactive ketones (excluding diaryl/α,β-unsaturated/α-hetero) is 1. The van der Waals surface area contributed by atoms with Crippen LogP contribution >= 0.6 is 11.8 Å². The van der Waals surface area contributed by atoms with Crippen LogP contribution in [0.25, 0.3) is 0 Å². The number of carbonyl (C=O) groups is 2. The lowest BCUT2D eigenvalue weighted by Gasteiger charge is -2.30. The first-order chi connectivity index (χ1) is 12.6. The van der Waals surface area contributed by atoms with E-state index in [-0.39, 0.29) is 35.3 Å². The Morgan fingerprint density at radius 1 is 1.23 bits per heavy atom. The summed E-state index contributed by atoms with van der Waals surface area (Å²) in [4.78, 5) is 27.3. The predicted octanol–water partition coefficient (Wildman–Crippen LogP) is 4.24. The highest BCUT2D eigenvalue weighted by Crippen LogP contribution is 2.39. The van der Waals surface area contributed by atoms with Crippen molar-refractivity contribution >= 4 is 23.5 Å². The van der Waals surface area contributed by atoms with E-state index in [4.69, 9.17) is 4.74 Å². The van der Waals surface area contributed by atoms with Gasteiger partial charge in [0.1, 0.15) is 11.5 Å². The zero-order valence-electron chi connectivity index (χ0n) is 15.8. The smallest absolute Gasteiger partial charge is 0.230 e. The summed E-state index contributed by atoms with van der Waals surface area (Å²) in [6.45, 7) is 2.87. The molecule has 0 spiro atoms. The molecule has 0 N–H and O–H groups in total. The molecule has 1 aromatic rings. The maximum Gasteiger partial charge on any atom is 0.230 e. The lowest BCUT2D eigenvalue weighted by Crippen LogP contribution is -2.39. The van der Waals surface area contributed by atoms with Crippen LogP contribution in [0.15, 0.2) is 24.3 Å². The molecule has 26 heavy (non-hydrogen) atoms. The first-order valence-electron chi connectivity index (χ1n) is 9.68. The summed E-state index contributed by atoms with van der Waals surface area (Å²) in [5.41, 5.74) is 1.12. The Labute approximate surface area is 160 Å². The Bertz CT molecular complexity index is 642. The maximum absolute atomic E-state index is 12.9. The second-order valence-electron chi connectivity index (χ2n) is 7.36. The van der Waals surface area contributed by atoms with E-state index in [1.807, 2.05) is 23.1 Å². The Morgan fingerprint density at radius 3 is 2.69 bits per heavy atom. The lowest BCUT2D eigenvalue weighted by molar-refractivity contribution is -0.137. The number of benzene rings is 1. The van der Waals surface area contributed by atoms with E-state index in [1.165, 1.54) is 6.42 Å². The van der Waals surface area contributed by atoms with Crippen molar-refractivity contribution in [3.63, 3.8) is 0 Å². The highest BCUT2D eigenvalue weighted by atomic mass is 32.2. The van der Waals surface area contributed by atoms with Gasteiger partial charge in [0.15, 0.2) is 0 Å². The van der Waals surface area contributed by atoms with Crippen molar-refractivity contribution < 1.29 is 14.3 Å². The second kappa shape index (κ2) is 8.94. The third-order valence-corrected chi connectivity index (χ3v) is 7.11. The van der Waals surface area contributed by atoms with Gasteiger partial charge >= 0.3 is 0 Å². The fourth-order valence-corrected chi connectivity index (χ4v) is 5.57. The number of hydrogen-bond donors (Lipinski definition) is 0. The third kappa shape index (κ3) is 4.25. The maximum atomic E-state index is 12.9. The summed E-state index contributed by atoms with van der Waals surface area (Å²) in [6.07, 6.45) is 5.46. The molecule has 2 unspecified atom stereocenters. The van der Waals surface area contributed by atoms with E-state index in [0.717, 1.165) is 49.3 Å². The SMILES string of the molecule is COc1ccccc1C(C)C1SCCN1C(=O)CC(=O)C1CCCCC1. The van der Waals surface area contributed by atoms with Crippen LogP contribution in [0.1, 0.15) is 56.9 Å². The number of nitrogens with zero attached hydrogens (tertiary/aromatic N) is 1. The van der Waals surface area contributed by atoms with Gasteiger partial charge in [0.2, 0.25) is 5.91 Å². The summed E-state index contributed by atoms with van der Waals surface area (Å²) in [6, 6.07) is 8.00. The lowest BCUT2D eigenvalue weighted by atomic mass is 9.85. The first-order valence-corrected chi connectivity index (χ1v) is 10.7. The Morgan fingerprint density at radius 2 is 1.96 bits per heavy atom. The Balaban J connectivity index is 1.67. The predicted molar refractivity (Wildman–Crippen MR) is 106 cm³/mol. The highest BCUT2D eigenvalue weighted by molar-refractivity contribution is 8.00. The quantitative estimate of drug-likeness (QED) is 0.698. The number of thioether (sulfide) groups is 1. The van der Waals surface area contributed by atoms with Crippen molar-refractivity contribution in [2.75, 3.05) is 19.4 Å². The number of para-hydroxylation sites is 1. The van der Waals surface area contributed by atoms with Gasteiger partial charge in [0, 0.05) is 24.1 Å². The van der Waals surface area contributed by atoms with Crippen LogP contribution in [-0.4, -0.2) is 41.4 Å². The Hall–Kier alpha value is -1.49. The van der Waals surface area contributed by atoms with Gasteiger partial charge in [-0.25, -0.2) is 0 Å². The van der Waals surface area contributed by atoms with E-state index in [9.17, 15) is 9.59 Å². The average Bonchev–Trinajstić information content (AvgIpc) is 3.18. The minimum Gasteiger partial charge on any atom is -0.496 e. The molecule has 0 aromatic heterocycles. The van der Waals surface area contributed by atoms with Crippen LogP contribution in [0, 0.1) is 5.92 Å². The molecular weight excluding hydrogens is 346 g/mol. The molecular formula is C21H29NO3S. The van der Waals surface area contributed by atoms with Crippen LogP contribution in [-0.2, 0) is 9.59 Å². The van der Waals surface area contributed by atoms with Crippen molar-refractivity contribution in [1.82, 2.24) is 4.90 Å². The molecule has 3 rings (SSSR count). The minimum absolute atomic E-state index is 0.00248. The van der Waals surface area contributed by atoms with Crippen molar-refractivity contribution in [1.29, 1.82) is 0 Å². The van der Waals surface area contributed by atoms with Crippen molar-refractivity contribution in [3.05, 3.63) is 29.8 Å². The van der Waals surface area contributed by atoms with Gasteiger partial charge in [-0.15, -0.1) is 11.8 Å². The van der Waals surface area contributed by atoms with Gasteiger partial charge in [-0.1, -0.05) is 44.4 Å². The molecule has 2 fully saturated rings. The van der Waals surface area contributed by atoms with E-state index in [0.29, 0.717) is 0 Å². The standard InChI is InChI=1S/C21H29NO3S/c1-15(17-10-6-7-11-19(17)25-2)21-22(12-13-26-21)20(24)14-18(23)16-8-4-3-5-9-16/h6-7,10-11,15-16,21H,3-5,8-9,12-14H2,1-2H3. The zero-order valence-corrected chi connectivity index (χ0v) is 16.6. The van der Waals surface area contributed by atoms with E-state index >= 15 is 0 Å². The van der Waals surface area contributed by atoms with Gasteiger partial charge in [0.25, 0.3) is 0 Å². The van der Waals surface area contributed by atoms with Gasteiger partial charge < -0.3 is 9.64 Å². The van der Waals surface area contributed by atoms with Gasteiger partial charge in [-0.2, -0.15) is 0 Å². The second-order valence-corrected chi connectivity index (χ2v) is 8.58. The molecule has 1 aliphatic heterocycles. The highest BCUT2D eigenvalue weighted by Gasteiger charge is 2.36. The zero-order chi connectivity index (χ0) is 18.5. The first kappa shape index (κ1) is 19.3. The molecule has 1 aromatic carbocycles. The molecule has 5 heteroatoms. The minimum atomic E-state index is -0.00248. The number of methoxy groups -OCH3 is 1. The largest absolute Gasteiger partial charge is 0.496 e. The van der Waals surface area contributed by atoms with Gasteiger partial charge in [-0.3, -0.25) is 9.59 Å². The van der Waals surface area contributed by atoms with Crippen molar-refractivity contribution in [2.24, 2.45) is 5.92 Å². The van der Waals surface area contributed by atoms with Crippen LogP contribution in [0.3, 0.4) is 0 Å². The van der Waals surface area contributed by atoms with E-state index < -0.39 is 0 Å². The summed E-state index contributed by atoms with van der Waals surface area (Å²) in [7, 11) is 1.68. The summed E-state index contributed by atoms with van der Waals surface area (Å²) < 4.78 is 5.50. The Kier molecular flexibility index (Phi) is 6.63. The number of carbonyl (C=O) groups excluding carboxylic acids is 2. The van der Waals surface area contributed by atoms with Gasteiger partial charge in [-0.05, 0) is 24.5 Å². The molecule has 4 nitrogen and oxygen atoms in total. The van der Waals surface area contributed by atoms with Crippen LogP contribution in [0.5, 0.6) is 5.75 Å². The van der Waals surface area contributed by atoms with E-state index in [1.54, 1.807) is 18.9 Å². The number of hydrogen-bond acceptors (Lipinski definition) is 4. The fraction of sp³-hybridized carbons (Fsp3) is 0.619. The molecule has 1 amide bonds. The van der Waals surface area contributed by atoms with Crippen LogP contribution in [0.2, 0.25) is 0 Å². The summed E-state index contributed by atoms with van der Waals surface area (Å²) in [5.74, 6) is 2.19. The summed E-state index contributed by atoms with van der Waals surface area (Å²) in [5, 5.41) is 0.0676. The normalized spacial score (nSPS) is 22.2. The molecule has 2 aliphatic rings. The van der Waals surface area contributed by atoms with Gasteiger partial charge in [0.05, 0.1) is 18.9 Å². The number of rotatable bonds is 6. The summed E-state index contributed by atoms with van der Waals surface area (Å²) >= 11 is 1.80. The number of ketones is 1. The molecule has 142 valence electrons. The molecule has 1 heterocycles. The van der Waals surface area contributed by atoms with E-state index in [2.05, 4.69) is 13.0 Å². The van der Waals surface area contributed by atoms with Crippen LogP contribution < -0.4 is 4.74 Å². The fourth-order valence-electron chi connectivity index (χ4n) is 4.19. The van der Waals surface area contributed by atoms with Crippen molar-refractivity contribution in [3.8, 4) is 5.75 Å². The van der Waals surface area contributed by atoms with Crippen LogP contribution in [0.4, 0.5) is 0 Å². The average molecular weight is 376 g/mol. The molecule has 1 saturated carbocycles. The van der Waals surface area contributed by atoms with Crippen molar-refractivity contribution in [2.45, 2.75) is 56.7 Å². The number of ether oxygens (including phenoxy) is 1.